The molecule has 0 N–H and O–H groups in total. The molecule has 0 atom stereocenters. The Labute approximate surface area is 48.1 Å². The number of hydrogen-bond donors (Lipinski definition) is 0. The largest absolute Gasteiger partial charge is 0.415 e. The molecule has 0 fully saturated rings. The van der Waals surface area contributed by atoms with Crippen molar-refractivity contribution in [2.75, 3.05) is 6.61 Å². The summed E-state index contributed by atoms with van der Waals surface area (Å²) in [7, 11) is -3.21. The predicted molar refractivity (Wildman–Crippen MR) is 28.5 cm³/mol. The van der Waals surface area contributed by atoms with Crippen LogP contribution in [-0.4, -0.2) is 6.61 Å². The fourth-order valence-electron chi connectivity index (χ4n) is 0.174. The molecule has 0 unspecified atom stereocenters. The van der Waals surface area contributed by atoms with E-state index in [0.717, 1.165) is 0 Å². The van der Waals surface area contributed by atoms with Crippen LogP contribution in [0.25, 0.3) is 0 Å². The zero-order valence-corrected chi connectivity index (χ0v) is 5.00. The summed E-state index contributed by atoms with van der Waals surface area (Å²) >= 11 is 0. The van der Waals surface area contributed by atoms with Crippen molar-refractivity contribution in [3.8, 4) is 12.3 Å². The van der Waals surface area contributed by atoms with Gasteiger partial charge in [-0.25, -0.2) is 0 Å². The van der Waals surface area contributed by atoms with Gasteiger partial charge in [0.2, 0.25) is 0 Å². The summed E-state index contributed by atoms with van der Waals surface area (Å²) in [5.41, 5.74) is 0. The molecule has 0 aliphatic heterocycles. The first-order chi connectivity index (χ1) is 3.77. The van der Waals surface area contributed by atoms with Crippen LogP contribution in [0.4, 0.5) is 8.39 Å². The van der Waals surface area contributed by atoms with Gasteiger partial charge in [-0.1, -0.05) is 0 Å². The molecular weight excluding hydrogens is 133 g/mol. The molecule has 0 saturated carbocycles. The lowest BCUT2D eigenvalue weighted by atomic mass is 10.5. The number of terminal acetylenes is 1. The summed E-state index contributed by atoms with van der Waals surface area (Å²) in [5, 5.41) is 0. The molecule has 0 rings (SSSR count). The normalized spacial score (nSPS) is 9.25. The van der Waals surface area contributed by atoms with Crippen molar-refractivity contribution in [2.24, 2.45) is 0 Å². The van der Waals surface area contributed by atoms with Gasteiger partial charge in [0.05, 0.1) is 6.61 Å². The van der Waals surface area contributed by atoms with E-state index in [1.54, 1.807) is 0 Å². The van der Waals surface area contributed by atoms with Crippen LogP contribution in [0.1, 0.15) is 6.42 Å². The molecule has 0 aliphatic carbocycles. The second-order valence-electron chi connectivity index (χ2n) is 0.989. The van der Waals surface area contributed by atoms with Crippen molar-refractivity contribution < 1.29 is 12.9 Å². The average molecular weight is 138 g/mol. The minimum absolute atomic E-state index is 0.0325. The first-order valence-electron chi connectivity index (χ1n) is 1.95. The smallest absolute Gasteiger partial charge is 0.305 e. The molecule has 0 bridgehead atoms. The number of halogens is 2. The van der Waals surface area contributed by atoms with Gasteiger partial charge in [-0.3, -0.25) is 0 Å². The Morgan fingerprint density at radius 2 is 2.25 bits per heavy atom. The number of hydrogen-bond acceptors (Lipinski definition) is 1. The minimum atomic E-state index is -3.21. The van der Waals surface area contributed by atoms with E-state index in [0.29, 0.717) is 0 Å². The highest BCUT2D eigenvalue weighted by Gasteiger charge is 2.01. The molecule has 0 radical (unpaired) electrons. The van der Waals surface area contributed by atoms with Crippen molar-refractivity contribution in [3.05, 3.63) is 0 Å². The lowest BCUT2D eigenvalue weighted by molar-refractivity contribution is 0.317. The van der Waals surface area contributed by atoms with Crippen molar-refractivity contribution >= 4 is 8.77 Å². The molecular formula is C4H5F2OP. The topological polar surface area (TPSA) is 9.23 Å². The van der Waals surface area contributed by atoms with Gasteiger partial charge in [-0.2, -0.15) is 8.39 Å². The summed E-state index contributed by atoms with van der Waals surface area (Å²) < 4.78 is 26.1. The third kappa shape index (κ3) is 5.81. The van der Waals surface area contributed by atoms with Crippen molar-refractivity contribution in [2.45, 2.75) is 6.42 Å². The Hall–Kier alpha value is -0.190. The van der Waals surface area contributed by atoms with Crippen molar-refractivity contribution in [3.63, 3.8) is 0 Å². The highest BCUT2D eigenvalue weighted by molar-refractivity contribution is 7.40. The second kappa shape index (κ2) is 4.96. The molecule has 46 valence electrons. The Morgan fingerprint density at radius 3 is 2.62 bits per heavy atom. The van der Waals surface area contributed by atoms with Crippen LogP contribution in [0.15, 0.2) is 0 Å². The Bertz CT molecular complexity index is 88.5. The molecule has 0 aromatic rings. The van der Waals surface area contributed by atoms with E-state index in [2.05, 4.69) is 10.4 Å². The summed E-state index contributed by atoms with van der Waals surface area (Å²) in [6, 6.07) is 0. The van der Waals surface area contributed by atoms with Gasteiger partial charge in [0.1, 0.15) is 0 Å². The van der Waals surface area contributed by atoms with Crippen LogP contribution >= 0.6 is 8.77 Å². The van der Waals surface area contributed by atoms with Crippen LogP contribution in [0.2, 0.25) is 0 Å². The summed E-state index contributed by atoms with van der Waals surface area (Å²) in [4.78, 5) is 0. The van der Waals surface area contributed by atoms with Crippen molar-refractivity contribution in [1.82, 2.24) is 0 Å². The van der Waals surface area contributed by atoms with Crippen LogP contribution in [-0.2, 0) is 4.52 Å². The lowest BCUT2D eigenvalue weighted by Crippen LogP contribution is -1.81. The van der Waals surface area contributed by atoms with Gasteiger partial charge in [0, 0.05) is 6.42 Å². The molecule has 0 aromatic carbocycles. The van der Waals surface area contributed by atoms with Gasteiger partial charge in [-0.05, 0) is 0 Å². The Kier molecular flexibility index (Phi) is 4.84. The maximum absolute atomic E-state index is 11.1. The van der Waals surface area contributed by atoms with Crippen molar-refractivity contribution in [1.29, 1.82) is 0 Å². The summed E-state index contributed by atoms with van der Waals surface area (Å²) in [5.74, 6) is 2.18. The Morgan fingerprint density at radius 1 is 1.62 bits per heavy atom. The van der Waals surface area contributed by atoms with Gasteiger partial charge in [-0.15, -0.1) is 12.3 Å². The molecule has 0 amide bonds. The monoisotopic (exact) mass is 138 g/mol. The van der Waals surface area contributed by atoms with E-state index < -0.39 is 8.77 Å². The Balaban J connectivity index is 2.85. The fourth-order valence-corrected chi connectivity index (χ4v) is 0.403. The second-order valence-corrected chi connectivity index (χ2v) is 1.65. The van der Waals surface area contributed by atoms with E-state index in [4.69, 9.17) is 6.42 Å². The molecule has 4 heteroatoms. The molecule has 0 heterocycles. The predicted octanol–water partition coefficient (Wildman–Crippen LogP) is 2.19. The third-order valence-electron chi connectivity index (χ3n) is 0.435. The fraction of sp³-hybridized carbons (Fsp3) is 0.500. The maximum Gasteiger partial charge on any atom is 0.415 e. The first-order valence-corrected chi connectivity index (χ1v) is 2.99. The number of rotatable bonds is 3. The maximum atomic E-state index is 11.1. The van der Waals surface area contributed by atoms with Gasteiger partial charge >= 0.3 is 8.77 Å². The SMILES string of the molecule is C#CCCOP(F)F. The van der Waals surface area contributed by atoms with E-state index in [-0.39, 0.29) is 13.0 Å². The third-order valence-corrected chi connectivity index (χ3v) is 0.813. The van der Waals surface area contributed by atoms with Crippen LogP contribution in [0.5, 0.6) is 0 Å². The lowest BCUT2D eigenvalue weighted by Gasteiger charge is -1.93. The zero-order valence-electron chi connectivity index (χ0n) is 4.10. The molecule has 0 spiro atoms. The molecule has 0 aliphatic rings. The van der Waals surface area contributed by atoms with E-state index in [9.17, 15) is 8.39 Å². The van der Waals surface area contributed by atoms with Crippen LogP contribution in [0.3, 0.4) is 0 Å². The molecule has 0 aromatic heterocycles. The highest BCUT2D eigenvalue weighted by Crippen LogP contribution is 2.39. The van der Waals surface area contributed by atoms with Gasteiger partial charge in [0.25, 0.3) is 0 Å². The summed E-state index contributed by atoms with van der Waals surface area (Å²) in [6.07, 6.45) is 5.00. The molecule has 8 heavy (non-hydrogen) atoms. The van der Waals surface area contributed by atoms with Crippen LogP contribution < -0.4 is 0 Å². The molecule has 1 nitrogen and oxygen atoms in total. The van der Waals surface area contributed by atoms with Gasteiger partial charge < -0.3 is 4.52 Å². The first kappa shape index (κ1) is 7.81. The van der Waals surface area contributed by atoms with E-state index >= 15 is 0 Å². The summed E-state index contributed by atoms with van der Waals surface area (Å²) in [6.45, 7) is -0.0325. The van der Waals surface area contributed by atoms with Gasteiger partial charge in [0.15, 0.2) is 0 Å². The van der Waals surface area contributed by atoms with Crippen LogP contribution in [0, 0.1) is 12.3 Å². The highest BCUT2D eigenvalue weighted by atomic mass is 31.2. The zero-order chi connectivity index (χ0) is 6.41. The standard InChI is InChI=1S/C4H5F2OP/c1-2-3-4-7-8(5)6/h1H,3-4H2. The average Bonchev–Trinajstić information content (AvgIpc) is 1.66. The minimum Gasteiger partial charge on any atom is -0.305 e. The van der Waals surface area contributed by atoms with E-state index in [1.165, 1.54) is 0 Å². The molecule has 0 saturated heterocycles. The quantitative estimate of drug-likeness (QED) is 0.330. The van der Waals surface area contributed by atoms with E-state index in [1.807, 2.05) is 0 Å².